The summed E-state index contributed by atoms with van der Waals surface area (Å²) in [7, 11) is -3.25. The van der Waals surface area contributed by atoms with Crippen LogP contribution in [-0.2, 0) is 10.0 Å². The van der Waals surface area contributed by atoms with Crippen molar-refractivity contribution >= 4 is 44.1 Å². The van der Waals surface area contributed by atoms with Gasteiger partial charge in [0.15, 0.2) is 5.82 Å². The van der Waals surface area contributed by atoms with Crippen LogP contribution in [-0.4, -0.2) is 72.4 Å². The Morgan fingerprint density at radius 2 is 2.00 bits per heavy atom. The number of nitrogens with zero attached hydrogens (tertiary/aromatic N) is 4. The van der Waals surface area contributed by atoms with Crippen LogP contribution < -0.4 is 20.7 Å². The number of nitrogens with one attached hydrogen (secondary N) is 1. The van der Waals surface area contributed by atoms with Gasteiger partial charge in [0.2, 0.25) is 15.9 Å². The molecule has 1 saturated heterocycles. The highest BCUT2D eigenvalue weighted by Crippen LogP contribution is 2.51. The van der Waals surface area contributed by atoms with Gasteiger partial charge in [0.05, 0.1) is 11.9 Å². The van der Waals surface area contributed by atoms with E-state index < -0.39 is 21.9 Å². The lowest BCUT2D eigenvalue weighted by atomic mass is 9.61. The van der Waals surface area contributed by atoms with E-state index in [2.05, 4.69) is 15.3 Å². The highest BCUT2D eigenvalue weighted by Gasteiger charge is 2.57. The van der Waals surface area contributed by atoms with Gasteiger partial charge in [0, 0.05) is 60.0 Å². The minimum atomic E-state index is -3.25. The number of aromatic nitrogens is 2. The van der Waals surface area contributed by atoms with E-state index in [0.717, 1.165) is 5.56 Å². The Balaban J connectivity index is 1.34. The van der Waals surface area contributed by atoms with Crippen molar-refractivity contribution in [2.45, 2.75) is 25.8 Å². The molecule has 1 aromatic carbocycles. The molecule has 6 rings (SSSR count). The monoisotopic (exact) mass is 542 g/mol. The molecule has 11 nitrogen and oxygen atoms in total. The molecule has 3 aromatic rings. The molecule has 1 spiro atoms. The summed E-state index contributed by atoms with van der Waals surface area (Å²) in [6, 6.07) is 2.89. The lowest BCUT2D eigenvalue weighted by Crippen LogP contribution is -2.67. The zero-order valence-corrected chi connectivity index (χ0v) is 21.7. The molecule has 0 unspecified atom stereocenters. The van der Waals surface area contributed by atoms with Crippen molar-refractivity contribution < 1.29 is 27.4 Å². The van der Waals surface area contributed by atoms with E-state index in [0.29, 0.717) is 67.0 Å². The van der Waals surface area contributed by atoms with Crippen molar-refractivity contribution in [3.63, 3.8) is 0 Å². The standard InChI is InChI=1S/C25H27FN6O5S/c1-13-17(9-30-23-22(13)28-3-4-37-23)16-5-14-6-19(29-10-18(14)21(27)20(16)26)32(24(33)34)15-7-25(8-15)11-31(12-25)38(2,35)36/h5-6,9-10,15,28H,3-4,7-8,11-12,27H2,1-2H3,(H,33,34). The number of nitrogen functional groups attached to an aromatic ring is 1. The maximum absolute atomic E-state index is 15.5. The van der Waals surface area contributed by atoms with Crippen molar-refractivity contribution in [3.05, 3.63) is 35.9 Å². The van der Waals surface area contributed by atoms with Crippen LogP contribution in [0, 0.1) is 18.2 Å². The van der Waals surface area contributed by atoms with Gasteiger partial charge >= 0.3 is 6.09 Å². The predicted octanol–water partition coefficient (Wildman–Crippen LogP) is 3.04. The molecule has 38 heavy (non-hydrogen) atoms. The van der Waals surface area contributed by atoms with E-state index in [1.54, 1.807) is 18.3 Å². The number of hydrogen-bond donors (Lipinski definition) is 3. The molecule has 2 aromatic heterocycles. The number of carboxylic acid groups (broad SMARTS) is 1. The van der Waals surface area contributed by atoms with Crippen molar-refractivity contribution in [2.75, 3.05) is 48.4 Å². The van der Waals surface area contributed by atoms with Gasteiger partial charge in [-0.1, -0.05) is 0 Å². The fourth-order valence-electron chi connectivity index (χ4n) is 5.86. The number of amides is 1. The van der Waals surface area contributed by atoms with Crippen LogP contribution in [0.5, 0.6) is 5.88 Å². The fraction of sp³-hybridized carbons (Fsp3) is 0.400. The number of carbonyl (C=O) groups is 1. The van der Waals surface area contributed by atoms with Crippen LogP contribution in [0.15, 0.2) is 24.5 Å². The van der Waals surface area contributed by atoms with Gasteiger partial charge in [0.1, 0.15) is 18.1 Å². The third-order valence-electron chi connectivity index (χ3n) is 7.87. The second-order valence-corrected chi connectivity index (χ2v) is 12.4. The summed E-state index contributed by atoms with van der Waals surface area (Å²) in [5.74, 6) is 0.0566. The van der Waals surface area contributed by atoms with Crippen molar-refractivity contribution in [1.82, 2.24) is 14.3 Å². The molecule has 13 heteroatoms. The van der Waals surface area contributed by atoms with Crippen LogP contribution in [0.4, 0.5) is 26.4 Å². The largest absolute Gasteiger partial charge is 0.474 e. The topological polar surface area (TPSA) is 151 Å². The minimum absolute atomic E-state index is 0.0855. The Morgan fingerprint density at radius 3 is 2.68 bits per heavy atom. The summed E-state index contributed by atoms with van der Waals surface area (Å²) in [6.07, 6.45) is 4.02. The Kier molecular flexibility index (Phi) is 5.44. The molecular weight excluding hydrogens is 515 g/mol. The second-order valence-electron chi connectivity index (χ2n) is 10.4. The van der Waals surface area contributed by atoms with E-state index in [4.69, 9.17) is 10.5 Å². The Bertz CT molecular complexity index is 1600. The first-order valence-electron chi connectivity index (χ1n) is 12.2. The third-order valence-corrected chi connectivity index (χ3v) is 9.07. The first-order chi connectivity index (χ1) is 18.0. The summed E-state index contributed by atoms with van der Waals surface area (Å²) in [5.41, 5.74) is 8.14. The van der Waals surface area contributed by atoms with Crippen LogP contribution in [0.1, 0.15) is 18.4 Å². The van der Waals surface area contributed by atoms with Gasteiger partial charge in [0.25, 0.3) is 0 Å². The molecular formula is C25H27FN6O5S. The smallest absolute Gasteiger partial charge is 0.413 e. The van der Waals surface area contributed by atoms with E-state index >= 15 is 4.39 Å². The van der Waals surface area contributed by atoms with Crippen LogP contribution in [0.3, 0.4) is 0 Å². The molecule has 0 radical (unpaired) electrons. The first-order valence-corrected chi connectivity index (χ1v) is 14.0. The molecule has 0 bridgehead atoms. The second kappa shape index (κ2) is 8.40. The number of benzene rings is 1. The Labute approximate surface area is 218 Å². The van der Waals surface area contributed by atoms with Gasteiger partial charge in [-0.05, 0) is 42.8 Å². The number of sulfonamides is 1. The zero-order chi connectivity index (χ0) is 27.0. The molecule has 4 heterocycles. The number of anilines is 3. The average Bonchev–Trinajstić information content (AvgIpc) is 2.81. The highest BCUT2D eigenvalue weighted by molar-refractivity contribution is 7.88. The minimum Gasteiger partial charge on any atom is -0.474 e. The number of nitrogens with two attached hydrogens (primary N) is 1. The average molecular weight is 543 g/mol. The number of halogens is 1. The number of ether oxygens (including phenoxy) is 1. The fourth-order valence-corrected chi connectivity index (χ4v) is 6.88. The molecule has 0 atom stereocenters. The van der Waals surface area contributed by atoms with Gasteiger partial charge < -0.3 is 20.9 Å². The SMILES string of the molecule is Cc1c(-c2cc3cc(N(C(=O)O)C4CC5(C4)CN(S(C)(=O)=O)C5)ncc3c(N)c2F)cnc2c1NCCO2. The van der Waals surface area contributed by atoms with Crippen LogP contribution in [0.2, 0.25) is 0 Å². The van der Waals surface area contributed by atoms with Gasteiger partial charge in [-0.2, -0.15) is 0 Å². The van der Waals surface area contributed by atoms with Crippen LogP contribution >= 0.6 is 0 Å². The van der Waals surface area contributed by atoms with Gasteiger partial charge in [-0.3, -0.25) is 4.90 Å². The molecule has 2 aliphatic heterocycles. The maximum atomic E-state index is 15.5. The molecule has 1 amide bonds. The molecule has 200 valence electrons. The van der Waals surface area contributed by atoms with E-state index in [1.807, 2.05) is 6.92 Å². The number of rotatable bonds is 4. The van der Waals surface area contributed by atoms with E-state index in [9.17, 15) is 18.3 Å². The van der Waals surface area contributed by atoms with E-state index in [1.165, 1.54) is 21.7 Å². The molecule has 4 N–H and O–H groups in total. The van der Waals surface area contributed by atoms with Crippen molar-refractivity contribution in [1.29, 1.82) is 0 Å². The molecule has 1 aliphatic carbocycles. The summed E-state index contributed by atoms with van der Waals surface area (Å²) in [6.45, 7) is 3.74. The highest BCUT2D eigenvalue weighted by atomic mass is 32.2. The quantitative estimate of drug-likeness (QED) is 0.423. The van der Waals surface area contributed by atoms with Gasteiger partial charge in [-0.25, -0.2) is 31.9 Å². The summed E-state index contributed by atoms with van der Waals surface area (Å²) in [4.78, 5) is 22.1. The Hall–Kier alpha value is -3.71. The summed E-state index contributed by atoms with van der Waals surface area (Å²) < 4.78 is 45.9. The molecule has 3 aliphatic rings. The van der Waals surface area contributed by atoms with Crippen molar-refractivity contribution in [3.8, 4) is 17.0 Å². The van der Waals surface area contributed by atoms with E-state index in [-0.39, 0.29) is 28.5 Å². The normalized spacial score (nSPS) is 18.7. The predicted molar refractivity (Wildman–Crippen MR) is 140 cm³/mol. The lowest BCUT2D eigenvalue weighted by Gasteiger charge is -2.59. The van der Waals surface area contributed by atoms with Crippen LogP contribution in [0.25, 0.3) is 21.9 Å². The zero-order valence-electron chi connectivity index (χ0n) is 20.9. The Morgan fingerprint density at radius 1 is 1.26 bits per heavy atom. The van der Waals surface area contributed by atoms with Gasteiger partial charge in [-0.15, -0.1) is 0 Å². The number of fused-ring (bicyclic) bond motifs is 2. The summed E-state index contributed by atoms with van der Waals surface area (Å²) in [5, 5.41) is 14.2. The molecule has 2 fully saturated rings. The first kappa shape index (κ1) is 24.6. The summed E-state index contributed by atoms with van der Waals surface area (Å²) >= 11 is 0. The number of hydrogen-bond acceptors (Lipinski definition) is 8. The van der Waals surface area contributed by atoms with Crippen molar-refractivity contribution in [2.24, 2.45) is 5.41 Å². The lowest BCUT2D eigenvalue weighted by molar-refractivity contribution is -0.0241. The molecule has 1 saturated carbocycles. The number of pyridine rings is 2. The third kappa shape index (κ3) is 3.79. The maximum Gasteiger partial charge on any atom is 0.413 e.